The number of rotatable bonds is 6. The number of esters is 1. The summed E-state index contributed by atoms with van der Waals surface area (Å²) in [5, 5.41) is 2.83. The second kappa shape index (κ2) is 8.65. The fourth-order valence-corrected chi connectivity index (χ4v) is 3.18. The molecule has 1 unspecified atom stereocenters. The molecule has 3 rings (SSSR count). The van der Waals surface area contributed by atoms with Gasteiger partial charge in [0.15, 0.2) is 0 Å². The number of hydrogen-bond donors (Lipinski definition) is 1. The Labute approximate surface area is 162 Å². The standard InChI is InChI=1S/C21H21FN2O4/c1-28-21(27)15-3-2-4-18(11-15)24-13-16(12-19(24)25)20(26)23-10-9-14-5-7-17(22)8-6-14/h2-8,11,16H,9-10,12-13H2,1H3,(H,23,26). The molecule has 1 atom stereocenters. The Bertz CT molecular complexity index is 882. The van der Waals surface area contributed by atoms with Gasteiger partial charge in [-0.05, 0) is 42.3 Å². The third kappa shape index (κ3) is 4.54. The Hall–Kier alpha value is -3.22. The summed E-state index contributed by atoms with van der Waals surface area (Å²) in [6, 6.07) is 12.7. The molecular formula is C21H21FN2O4. The number of methoxy groups -OCH3 is 1. The lowest BCUT2D eigenvalue weighted by atomic mass is 10.1. The van der Waals surface area contributed by atoms with Crippen molar-refractivity contribution in [2.45, 2.75) is 12.8 Å². The minimum Gasteiger partial charge on any atom is -0.465 e. The quantitative estimate of drug-likeness (QED) is 0.776. The van der Waals surface area contributed by atoms with Crippen LogP contribution in [0.1, 0.15) is 22.3 Å². The van der Waals surface area contributed by atoms with E-state index in [0.717, 1.165) is 5.56 Å². The van der Waals surface area contributed by atoms with Gasteiger partial charge in [0.1, 0.15) is 5.82 Å². The van der Waals surface area contributed by atoms with E-state index in [4.69, 9.17) is 4.74 Å². The van der Waals surface area contributed by atoms with Crippen LogP contribution >= 0.6 is 0 Å². The van der Waals surface area contributed by atoms with Gasteiger partial charge in [-0.2, -0.15) is 0 Å². The van der Waals surface area contributed by atoms with Gasteiger partial charge in [0.25, 0.3) is 0 Å². The largest absolute Gasteiger partial charge is 0.465 e. The molecule has 28 heavy (non-hydrogen) atoms. The second-order valence-electron chi connectivity index (χ2n) is 6.61. The van der Waals surface area contributed by atoms with Crippen molar-refractivity contribution in [1.29, 1.82) is 0 Å². The van der Waals surface area contributed by atoms with Gasteiger partial charge in [0.2, 0.25) is 11.8 Å². The first kappa shape index (κ1) is 19.5. The van der Waals surface area contributed by atoms with Crippen molar-refractivity contribution in [2.75, 3.05) is 25.1 Å². The highest BCUT2D eigenvalue weighted by molar-refractivity contribution is 6.01. The van der Waals surface area contributed by atoms with Gasteiger partial charge >= 0.3 is 5.97 Å². The number of amides is 2. The predicted octanol–water partition coefficient (Wildman–Crippen LogP) is 2.32. The molecule has 1 aliphatic rings. The average Bonchev–Trinajstić information content (AvgIpc) is 3.10. The Kier molecular flexibility index (Phi) is 6.03. The molecule has 0 aliphatic carbocycles. The van der Waals surface area contributed by atoms with Crippen LogP contribution in [0.3, 0.4) is 0 Å². The molecule has 2 amide bonds. The third-order valence-electron chi connectivity index (χ3n) is 4.70. The van der Waals surface area contributed by atoms with Crippen molar-refractivity contribution < 1.29 is 23.5 Å². The van der Waals surface area contributed by atoms with Gasteiger partial charge in [-0.25, -0.2) is 9.18 Å². The first-order valence-corrected chi connectivity index (χ1v) is 8.99. The van der Waals surface area contributed by atoms with Crippen LogP contribution in [0.15, 0.2) is 48.5 Å². The molecule has 0 saturated carbocycles. The highest BCUT2D eigenvalue weighted by atomic mass is 19.1. The van der Waals surface area contributed by atoms with E-state index in [9.17, 15) is 18.8 Å². The number of halogens is 1. The Morgan fingerprint density at radius 1 is 1.21 bits per heavy atom. The van der Waals surface area contributed by atoms with E-state index in [0.29, 0.717) is 24.2 Å². The molecular weight excluding hydrogens is 363 g/mol. The van der Waals surface area contributed by atoms with Crippen LogP contribution in [0.5, 0.6) is 0 Å². The summed E-state index contributed by atoms with van der Waals surface area (Å²) in [7, 11) is 1.29. The fraction of sp³-hybridized carbons (Fsp3) is 0.286. The first-order valence-electron chi connectivity index (χ1n) is 8.99. The molecule has 146 valence electrons. The van der Waals surface area contributed by atoms with Gasteiger partial charge < -0.3 is 15.0 Å². The van der Waals surface area contributed by atoms with Crippen LogP contribution in [0.2, 0.25) is 0 Å². The number of benzene rings is 2. The number of ether oxygens (including phenoxy) is 1. The molecule has 0 aromatic heterocycles. The van der Waals surface area contributed by atoms with E-state index in [-0.39, 0.29) is 30.6 Å². The molecule has 1 aliphatic heterocycles. The molecule has 2 aromatic carbocycles. The van der Waals surface area contributed by atoms with E-state index >= 15 is 0 Å². The highest BCUT2D eigenvalue weighted by Crippen LogP contribution is 2.26. The summed E-state index contributed by atoms with van der Waals surface area (Å²) >= 11 is 0. The molecule has 2 aromatic rings. The van der Waals surface area contributed by atoms with Crippen LogP contribution in [0.4, 0.5) is 10.1 Å². The molecule has 7 heteroatoms. The summed E-state index contributed by atoms with van der Waals surface area (Å²) in [6.45, 7) is 0.665. The topological polar surface area (TPSA) is 75.7 Å². The smallest absolute Gasteiger partial charge is 0.337 e. The van der Waals surface area contributed by atoms with Gasteiger partial charge in [-0.15, -0.1) is 0 Å². The fourth-order valence-electron chi connectivity index (χ4n) is 3.18. The molecule has 1 saturated heterocycles. The zero-order valence-electron chi connectivity index (χ0n) is 15.5. The van der Waals surface area contributed by atoms with Gasteiger partial charge in [0.05, 0.1) is 18.6 Å². The van der Waals surface area contributed by atoms with Gasteiger partial charge in [-0.3, -0.25) is 9.59 Å². The summed E-state index contributed by atoms with van der Waals surface area (Å²) in [5.41, 5.74) is 1.83. The molecule has 1 heterocycles. The minimum absolute atomic E-state index is 0.116. The zero-order chi connectivity index (χ0) is 20.1. The Balaban J connectivity index is 1.57. The molecule has 1 N–H and O–H groups in total. The van der Waals surface area contributed by atoms with E-state index in [1.165, 1.54) is 24.1 Å². The normalized spacial score (nSPS) is 16.1. The number of carbonyl (C=O) groups excluding carboxylic acids is 3. The maximum Gasteiger partial charge on any atom is 0.337 e. The number of nitrogens with zero attached hydrogens (tertiary/aromatic N) is 1. The molecule has 0 radical (unpaired) electrons. The van der Waals surface area contributed by atoms with Crippen molar-refractivity contribution in [2.24, 2.45) is 5.92 Å². The zero-order valence-corrected chi connectivity index (χ0v) is 15.5. The molecule has 0 bridgehead atoms. The summed E-state index contributed by atoms with van der Waals surface area (Å²) in [5.74, 6) is -1.59. The van der Waals surface area contributed by atoms with Crippen molar-refractivity contribution in [3.8, 4) is 0 Å². The van der Waals surface area contributed by atoms with Crippen molar-refractivity contribution in [3.63, 3.8) is 0 Å². The van der Waals surface area contributed by atoms with Gasteiger partial charge in [-0.1, -0.05) is 18.2 Å². The van der Waals surface area contributed by atoms with Gasteiger partial charge in [0, 0.05) is 25.2 Å². The van der Waals surface area contributed by atoms with Crippen LogP contribution in [-0.4, -0.2) is 38.0 Å². The van der Waals surface area contributed by atoms with Crippen LogP contribution in [0.25, 0.3) is 0 Å². The van der Waals surface area contributed by atoms with Crippen molar-refractivity contribution >= 4 is 23.5 Å². The number of nitrogens with one attached hydrogen (secondary N) is 1. The minimum atomic E-state index is -0.483. The third-order valence-corrected chi connectivity index (χ3v) is 4.70. The van der Waals surface area contributed by atoms with E-state index in [1.807, 2.05) is 0 Å². The Morgan fingerprint density at radius 2 is 1.96 bits per heavy atom. The predicted molar refractivity (Wildman–Crippen MR) is 101 cm³/mol. The molecule has 1 fully saturated rings. The summed E-state index contributed by atoms with van der Waals surface area (Å²) in [6.07, 6.45) is 0.697. The summed E-state index contributed by atoms with van der Waals surface area (Å²) < 4.78 is 17.6. The van der Waals surface area contributed by atoms with Crippen LogP contribution < -0.4 is 10.2 Å². The second-order valence-corrected chi connectivity index (χ2v) is 6.61. The SMILES string of the molecule is COC(=O)c1cccc(N2CC(C(=O)NCCc3ccc(F)cc3)CC2=O)c1. The number of hydrogen-bond acceptors (Lipinski definition) is 4. The lowest BCUT2D eigenvalue weighted by Crippen LogP contribution is -2.34. The summed E-state index contributed by atoms with van der Waals surface area (Å²) in [4.78, 5) is 38.0. The van der Waals surface area contributed by atoms with Crippen LogP contribution in [0, 0.1) is 11.7 Å². The maximum absolute atomic E-state index is 12.9. The Morgan fingerprint density at radius 3 is 2.68 bits per heavy atom. The number of anilines is 1. The number of carbonyl (C=O) groups is 3. The van der Waals surface area contributed by atoms with E-state index in [2.05, 4.69) is 5.32 Å². The first-order chi connectivity index (χ1) is 13.5. The molecule has 6 nitrogen and oxygen atoms in total. The maximum atomic E-state index is 12.9. The molecule has 0 spiro atoms. The monoisotopic (exact) mass is 384 g/mol. The van der Waals surface area contributed by atoms with E-state index in [1.54, 1.807) is 36.4 Å². The highest BCUT2D eigenvalue weighted by Gasteiger charge is 2.35. The van der Waals surface area contributed by atoms with Crippen LogP contribution in [-0.2, 0) is 20.7 Å². The van der Waals surface area contributed by atoms with Crippen molar-refractivity contribution in [3.05, 3.63) is 65.5 Å². The van der Waals surface area contributed by atoms with E-state index < -0.39 is 11.9 Å². The average molecular weight is 384 g/mol. The lowest BCUT2D eigenvalue weighted by molar-refractivity contribution is -0.126. The lowest BCUT2D eigenvalue weighted by Gasteiger charge is -2.17. The van der Waals surface area contributed by atoms with Crippen molar-refractivity contribution in [1.82, 2.24) is 5.32 Å².